The van der Waals surface area contributed by atoms with Crippen LogP contribution in [0.4, 0.5) is 4.39 Å². The first-order chi connectivity index (χ1) is 16.3. The van der Waals surface area contributed by atoms with Crippen molar-refractivity contribution in [3.63, 3.8) is 0 Å². The second kappa shape index (κ2) is 9.54. The van der Waals surface area contributed by atoms with Gasteiger partial charge >= 0.3 is 0 Å². The number of hydrogen-bond donors (Lipinski definition) is 1. The average molecular weight is 522 g/mol. The molecule has 10 heteroatoms. The molecule has 6 nitrogen and oxygen atoms in total. The highest BCUT2D eigenvalue weighted by molar-refractivity contribution is 7.91. The number of sulfonamides is 1. The first-order valence-electron chi connectivity index (χ1n) is 11.2. The van der Waals surface area contributed by atoms with Gasteiger partial charge in [0.1, 0.15) is 10.0 Å². The number of rotatable bonds is 8. The van der Waals surface area contributed by atoms with Gasteiger partial charge in [0.25, 0.3) is 0 Å². The summed E-state index contributed by atoms with van der Waals surface area (Å²) in [5.41, 5.74) is 2.06. The van der Waals surface area contributed by atoms with Gasteiger partial charge in [-0.3, -0.25) is 0 Å². The summed E-state index contributed by atoms with van der Waals surface area (Å²) in [7, 11) is -3.58. The molecule has 2 aromatic carbocycles. The van der Waals surface area contributed by atoms with Crippen LogP contribution in [0.3, 0.4) is 0 Å². The zero-order chi connectivity index (χ0) is 23.9. The molecule has 1 unspecified atom stereocenters. The minimum absolute atomic E-state index is 0.273. The quantitative estimate of drug-likeness (QED) is 0.337. The van der Waals surface area contributed by atoms with Crippen molar-refractivity contribution in [3.05, 3.63) is 58.5 Å². The summed E-state index contributed by atoms with van der Waals surface area (Å²) in [4.78, 5) is 2.35. The fourth-order valence-electron chi connectivity index (χ4n) is 4.62. The molecule has 5 rings (SSSR count). The number of hydrogen-bond acceptors (Lipinski definition) is 6. The van der Waals surface area contributed by atoms with Gasteiger partial charge in [-0.2, -0.15) is 0 Å². The second-order valence-corrected chi connectivity index (χ2v) is 12.3. The SMILES string of the molecule is Cc1c(S(=O)(=O)NCC2CCN(CCCc3noc4cc(F)ccc34)C2)sc2ccc(Cl)cc12. The summed E-state index contributed by atoms with van der Waals surface area (Å²) in [5, 5.41) is 6.42. The first-order valence-corrected chi connectivity index (χ1v) is 13.9. The van der Waals surface area contributed by atoms with Crippen molar-refractivity contribution in [2.75, 3.05) is 26.2 Å². The van der Waals surface area contributed by atoms with Crippen LogP contribution >= 0.6 is 22.9 Å². The molecule has 0 spiro atoms. The fraction of sp³-hybridized carbons (Fsp3) is 0.375. The van der Waals surface area contributed by atoms with Crippen LogP contribution in [-0.2, 0) is 16.4 Å². The molecule has 1 saturated heterocycles. The monoisotopic (exact) mass is 521 g/mol. The minimum atomic E-state index is -3.58. The van der Waals surface area contributed by atoms with Gasteiger partial charge in [-0.05, 0) is 86.5 Å². The maximum Gasteiger partial charge on any atom is 0.250 e. The molecule has 0 aliphatic carbocycles. The van der Waals surface area contributed by atoms with Gasteiger partial charge in [0.05, 0.1) is 5.69 Å². The Morgan fingerprint density at radius 1 is 1.26 bits per heavy atom. The van der Waals surface area contributed by atoms with E-state index in [-0.39, 0.29) is 11.7 Å². The highest BCUT2D eigenvalue weighted by Crippen LogP contribution is 2.35. The standard InChI is InChI=1S/C24H25ClFN3O3S2/c1-15-20-11-17(25)4-7-23(20)33-24(15)34(30,31)27-13-16-8-10-29(14-16)9-2-3-21-19-6-5-18(26)12-22(19)32-28-21/h4-7,11-12,16,27H,2-3,8-10,13-14H2,1H3. The van der Waals surface area contributed by atoms with Gasteiger partial charge in [0.15, 0.2) is 5.58 Å². The van der Waals surface area contributed by atoms with Gasteiger partial charge in [-0.25, -0.2) is 17.5 Å². The molecule has 0 saturated carbocycles. The van der Waals surface area contributed by atoms with Gasteiger partial charge < -0.3 is 9.42 Å². The van der Waals surface area contributed by atoms with Crippen molar-refractivity contribution in [3.8, 4) is 0 Å². The molecular weight excluding hydrogens is 497 g/mol. The third-order valence-electron chi connectivity index (χ3n) is 6.43. The smallest absolute Gasteiger partial charge is 0.250 e. The van der Waals surface area contributed by atoms with Crippen molar-refractivity contribution in [1.82, 2.24) is 14.8 Å². The van der Waals surface area contributed by atoms with Crippen LogP contribution in [0.25, 0.3) is 21.1 Å². The Bertz CT molecular complexity index is 1450. The summed E-state index contributed by atoms with van der Waals surface area (Å²) >= 11 is 7.36. The number of fused-ring (bicyclic) bond motifs is 2. The number of benzene rings is 2. The molecule has 0 amide bonds. The molecule has 34 heavy (non-hydrogen) atoms. The Morgan fingerprint density at radius 3 is 2.97 bits per heavy atom. The van der Waals surface area contributed by atoms with E-state index >= 15 is 0 Å². The molecule has 1 atom stereocenters. The van der Waals surface area contributed by atoms with E-state index in [1.165, 1.54) is 23.5 Å². The summed E-state index contributed by atoms with van der Waals surface area (Å²) in [6.45, 7) is 4.95. The molecule has 1 aliphatic rings. The lowest BCUT2D eigenvalue weighted by Gasteiger charge is -2.16. The van der Waals surface area contributed by atoms with E-state index in [1.807, 2.05) is 19.1 Å². The summed E-state index contributed by atoms with van der Waals surface area (Å²) < 4.78 is 48.6. The number of nitrogens with zero attached hydrogens (tertiary/aromatic N) is 2. The Balaban J connectivity index is 1.13. The lowest BCUT2D eigenvalue weighted by atomic mass is 10.1. The van der Waals surface area contributed by atoms with Crippen molar-refractivity contribution in [2.45, 2.75) is 30.4 Å². The van der Waals surface area contributed by atoms with Crippen LogP contribution in [0, 0.1) is 18.7 Å². The number of likely N-dealkylation sites (tertiary alicyclic amines) is 1. The van der Waals surface area contributed by atoms with E-state index in [2.05, 4.69) is 14.8 Å². The van der Waals surface area contributed by atoms with Crippen molar-refractivity contribution in [1.29, 1.82) is 0 Å². The zero-order valence-corrected chi connectivity index (χ0v) is 21.1. The highest BCUT2D eigenvalue weighted by atomic mass is 35.5. The molecule has 3 heterocycles. The fourth-order valence-corrected chi connectivity index (χ4v) is 7.69. The van der Waals surface area contributed by atoms with Gasteiger partial charge in [0, 0.05) is 34.3 Å². The topological polar surface area (TPSA) is 75.4 Å². The molecule has 1 aliphatic heterocycles. The van der Waals surface area contributed by atoms with E-state index in [1.54, 1.807) is 12.1 Å². The lowest BCUT2D eigenvalue weighted by molar-refractivity contribution is 0.318. The predicted molar refractivity (Wildman–Crippen MR) is 134 cm³/mol. The third-order valence-corrected chi connectivity index (χ3v) is 9.98. The number of halogens is 2. The maximum absolute atomic E-state index is 13.3. The number of nitrogens with one attached hydrogen (secondary N) is 1. The average Bonchev–Trinajstić information content (AvgIpc) is 3.51. The zero-order valence-electron chi connectivity index (χ0n) is 18.7. The first kappa shape index (κ1) is 23.7. The van der Waals surface area contributed by atoms with Crippen LogP contribution in [0.1, 0.15) is 24.1 Å². The van der Waals surface area contributed by atoms with E-state index in [0.29, 0.717) is 21.4 Å². The number of aryl methyl sites for hydroxylation is 2. The largest absolute Gasteiger partial charge is 0.356 e. The van der Waals surface area contributed by atoms with Gasteiger partial charge in [0.2, 0.25) is 10.0 Å². The molecule has 2 aromatic heterocycles. The molecule has 0 radical (unpaired) electrons. The van der Waals surface area contributed by atoms with Crippen molar-refractivity contribution in [2.24, 2.45) is 5.92 Å². The van der Waals surface area contributed by atoms with Crippen LogP contribution in [0.5, 0.6) is 0 Å². The summed E-state index contributed by atoms with van der Waals surface area (Å²) in [6.07, 6.45) is 2.61. The van der Waals surface area contributed by atoms with Gasteiger partial charge in [-0.1, -0.05) is 16.8 Å². The molecule has 4 aromatic rings. The maximum atomic E-state index is 13.3. The third kappa shape index (κ3) is 4.85. The Kier molecular flexibility index (Phi) is 6.65. The molecule has 1 fully saturated rings. The van der Waals surface area contributed by atoms with Gasteiger partial charge in [-0.15, -0.1) is 11.3 Å². The predicted octanol–water partition coefficient (Wildman–Crippen LogP) is 5.38. The highest BCUT2D eigenvalue weighted by Gasteiger charge is 2.26. The van der Waals surface area contributed by atoms with Crippen LogP contribution in [0.2, 0.25) is 5.02 Å². The van der Waals surface area contributed by atoms with E-state index in [4.69, 9.17) is 16.1 Å². The molecule has 0 bridgehead atoms. The van der Waals surface area contributed by atoms with E-state index in [9.17, 15) is 12.8 Å². The summed E-state index contributed by atoms with van der Waals surface area (Å²) in [6, 6.07) is 9.95. The summed E-state index contributed by atoms with van der Waals surface area (Å²) in [5.74, 6) is -0.0596. The van der Waals surface area contributed by atoms with Crippen LogP contribution < -0.4 is 4.72 Å². The second-order valence-electron chi connectivity index (χ2n) is 8.84. The van der Waals surface area contributed by atoms with E-state index in [0.717, 1.165) is 65.6 Å². The Hall–Kier alpha value is -2.04. The van der Waals surface area contributed by atoms with Crippen molar-refractivity contribution >= 4 is 54.0 Å². The van der Waals surface area contributed by atoms with Crippen LogP contribution in [-0.4, -0.2) is 44.7 Å². The lowest BCUT2D eigenvalue weighted by Crippen LogP contribution is -2.31. The normalized spacial score (nSPS) is 17.3. The van der Waals surface area contributed by atoms with Crippen molar-refractivity contribution < 1.29 is 17.3 Å². The minimum Gasteiger partial charge on any atom is -0.356 e. The number of aromatic nitrogens is 1. The Morgan fingerprint density at radius 2 is 2.12 bits per heavy atom. The van der Waals surface area contributed by atoms with E-state index < -0.39 is 10.0 Å². The Labute approximate surface area is 206 Å². The molecule has 180 valence electrons. The molecular formula is C24H25ClFN3O3S2. The van der Waals surface area contributed by atoms with Crippen LogP contribution in [0.15, 0.2) is 45.1 Å². The number of thiophene rings is 1. The molecule has 1 N–H and O–H groups in total.